The first-order chi connectivity index (χ1) is 10.1. The molecule has 0 bridgehead atoms. The minimum Gasteiger partial charge on any atom is -0.496 e. The second-order valence-electron chi connectivity index (χ2n) is 4.87. The predicted molar refractivity (Wildman–Crippen MR) is 83.8 cm³/mol. The van der Waals surface area contributed by atoms with Crippen LogP contribution in [0.5, 0.6) is 5.75 Å². The molecule has 0 aliphatic heterocycles. The first-order valence-corrected chi connectivity index (χ1v) is 6.79. The number of methoxy groups -OCH3 is 2. The monoisotopic (exact) mass is 287 g/mol. The molecule has 0 atom stereocenters. The molecule has 5 nitrogen and oxygen atoms in total. The molecule has 0 spiro atoms. The van der Waals surface area contributed by atoms with Gasteiger partial charge in [-0.2, -0.15) is 0 Å². The van der Waals surface area contributed by atoms with Gasteiger partial charge >= 0.3 is 0 Å². The van der Waals surface area contributed by atoms with Gasteiger partial charge in [-0.1, -0.05) is 0 Å². The fourth-order valence-corrected chi connectivity index (χ4v) is 2.24. The van der Waals surface area contributed by atoms with E-state index in [0.717, 1.165) is 34.0 Å². The zero-order valence-electron chi connectivity index (χ0n) is 13.2. The summed E-state index contributed by atoms with van der Waals surface area (Å²) in [5.41, 5.74) is 4.15. The number of hydrogen-bond acceptors (Lipinski definition) is 5. The van der Waals surface area contributed by atoms with Crippen molar-refractivity contribution in [2.45, 2.75) is 20.5 Å². The fourth-order valence-electron chi connectivity index (χ4n) is 2.24. The molecule has 0 aliphatic rings. The summed E-state index contributed by atoms with van der Waals surface area (Å²) in [7, 11) is 5.16. The van der Waals surface area contributed by atoms with E-state index in [1.165, 1.54) is 0 Å². The molecule has 0 saturated carbocycles. The predicted octanol–water partition coefficient (Wildman–Crippen LogP) is 2.96. The van der Waals surface area contributed by atoms with Crippen molar-refractivity contribution in [3.63, 3.8) is 0 Å². The molecular formula is C16H21N3O2. The minimum absolute atomic E-state index is 0.386. The first kappa shape index (κ1) is 15.3. The lowest BCUT2D eigenvalue weighted by Gasteiger charge is -2.13. The Morgan fingerprint density at radius 3 is 2.43 bits per heavy atom. The second kappa shape index (κ2) is 6.54. The largest absolute Gasteiger partial charge is 0.496 e. The summed E-state index contributed by atoms with van der Waals surface area (Å²) in [6.07, 6.45) is 0. The van der Waals surface area contributed by atoms with E-state index in [1.54, 1.807) is 14.2 Å². The maximum Gasteiger partial charge on any atom is 0.157 e. The summed E-state index contributed by atoms with van der Waals surface area (Å²) in [6, 6.07) is 6.06. The van der Waals surface area contributed by atoms with Crippen LogP contribution in [-0.2, 0) is 11.3 Å². The SMILES string of the molecule is CNc1cc(-c2cc(C)c(OC)cc2C)nc(COC)n1. The van der Waals surface area contributed by atoms with Crippen molar-refractivity contribution >= 4 is 5.82 Å². The van der Waals surface area contributed by atoms with Gasteiger partial charge in [-0.3, -0.25) is 0 Å². The standard InChI is InChI=1S/C16H21N3O2/c1-10-7-14(21-5)11(2)6-12(10)13-8-15(17-3)19-16(18-13)9-20-4/h6-8H,9H2,1-5H3,(H,17,18,19). The Hall–Kier alpha value is -2.14. The molecule has 0 amide bonds. The van der Waals surface area contributed by atoms with E-state index in [4.69, 9.17) is 9.47 Å². The van der Waals surface area contributed by atoms with Crippen molar-refractivity contribution in [3.05, 3.63) is 35.2 Å². The summed E-state index contributed by atoms with van der Waals surface area (Å²) >= 11 is 0. The minimum atomic E-state index is 0.386. The third-order valence-corrected chi connectivity index (χ3v) is 3.32. The topological polar surface area (TPSA) is 56.3 Å². The average molecular weight is 287 g/mol. The number of anilines is 1. The van der Waals surface area contributed by atoms with Crippen LogP contribution in [0.25, 0.3) is 11.3 Å². The van der Waals surface area contributed by atoms with Crippen LogP contribution in [0, 0.1) is 13.8 Å². The molecule has 0 aliphatic carbocycles. The van der Waals surface area contributed by atoms with Gasteiger partial charge in [0, 0.05) is 25.8 Å². The zero-order valence-corrected chi connectivity index (χ0v) is 13.2. The average Bonchev–Trinajstić information content (AvgIpc) is 2.49. The Kier molecular flexibility index (Phi) is 4.75. The highest BCUT2D eigenvalue weighted by Gasteiger charge is 2.11. The molecule has 1 aromatic heterocycles. The Balaban J connectivity index is 2.55. The van der Waals surface area contributed by atoms with E-state index >= 15 is 0 Å². The van der Waals surface area contributed by atoms with E-state index in [2.05, 4.69) is 28.3 Å². The fraction of sp³-hybridized carbons (Fsp3) is 0.375. The van der Waals surface area contributed by atoms with Crippen molar-refractivity contribution in [1.82, 2.24) is 9.97 Å². The van der Waals surface area contributed by atoms with E-state index in [9.17, 15) is 0 Å². The molecule has 5 heteroatoms. The van der Waals surface area contributed by atoms with E-state index in [1.807, 2.05) is 26.1 Å². The molecule has 0 fully saturated rings. The molecule has 1 heterocycles. The summed E-state index contributed by atoms with van der Waals surface area (Å²) in [4.78, 5) is 8.96. The van der Waals surface area contributed by atoms with Crippen molar-refractivity contribution in [1.29, 1.82) is 0 Å². The van der Waals surface area contributed by atoms with E-state index in [-0.39, 0.29) is 0 Å². The number of aryl methyl sites for hydroxylation is 2. The van der Waals surface area contributed by atoms with Gasteiger partial charge < -0.3 is 14.8 Å². The maximum atomic E-state index is 5.36. The number of nitrogens with zero attached hydrogens (tertiary/aromatic N) is 2. The number of rotatable bonds is 5. The summed E-state index contributed by atoms with van der Waals surface area (Å²) < 4.78 is 10.5. The van der Waals surface area contributed by atoms with Gasteiger partial charge in [0.15, 0.2) is 5.82 Å². The smallest absolute Gasteiger partial charge is 0.157 e. The van der Waals surface area contributed by atoms with Crippen LogP contribution in [-0.4, -0.2) is 31.2 Å². The molecule has 1 aromatic carbocycles. The van der Waals surface area contributed by atoms with Crippen molar-refractivity contribution in [3.8, 4) is 17.0 Å². The van der Waals surface area contributed by atoms with Crippen LogP contribution in [0.3, 0.4) is 0 Å². The number of nitrogens with one attached hydrogen (secondary N) is 1. The van der Waals surface area contributed by atoms with Crippen LogP contribution in [0.15, 0.2) is 18.2 Å². The van der Waals surface area contributed by atoms with Gasteiger partial charge in [0.2, 0.25) is 0 Å². The Morgan fingerprint density at radius 1 is 1.05 bits per heavy atom. The summed E-state index contributed by atoms with van der Waals surface area (Å²) in [5.74, 6) is 2.32. The van der Waals surface area contributed by atoms with Gasteiger partial charge in [0.25, 0.3) is 0 Å². The number of aromatic nitrogens is 2. The lowest BCUT2D eigenvalue weighted by Crippen LogP contribution is -2.03. The molecule has 0 unspecified atom stereocenters. The van der Waals surface area contributed by atoms with Gasteiger partial charge in [0.1, 0.15) is 18.2 Å². The van der Waals surface area contributed by atoms with E-state index < -0.39 is 0 Å². The number of ether oxygens (including phenoxy) is 2. The third kappa shape index (κ3) is 3.31. The van der Waals surface area contributed by atoms with Crippen LogP contribution in [0.4, 0.5) is 5.82 Å². The molecule has 2 rings (SSSR count). The molecule has 0 radical (unpaired) electrons. The zero-order chi connectivity index (χ0) is 15.4. The quantitative estimate of drug-likeness (QED) is 0.916. The maximum absolute atomic E-state index is 5.36. The van der Waals surface area contributed by atoms with Crippen molar-refractivity contribution in [2.75, 3.05) is 26.6 Å². The van der Waals surface area contributed by atoms with Crippen LogP contribution in [0.1, 0.15) is 17.0 Å². The molecule has 2 aromatic rings. The first-order valence-electron chi connectivity index (χ1n) is 6.79. The van der Waals surface area contributed by atoms with Crippen LogP contribution < -0.4 is 10.1 Å². The Morgan fingerprint density at radius 2 is 1.81 bits per heavy atom. The van der Waals surface area contributed by atoms with Crippen LogP contribution >= 0.6 is 0 Å². The highest BCUT2D eigenvalue weighted by Crippen LogP contribution is 2.30. The molecule has 1 N–H and O–H groups in total. The van der Waals surface area contributed by atoms with Gasteiger partial charge in [-0.05, 0) is 37.1 Å². The normalized spacial score (nSPS) is 10.5. The van der Waals surface area contributed by atoms with Crippen molar-refractivity contribution < 1.29 is 9.47 Å². The van der Waals surface area contributed by atoms with Gasteiger partial charge in [-0.15, -0.1) is 0 Å². The van der Waals surface area contributed by atoms with Crippen molar-refractivity contribution in [2.24, 2.45) is 0 Å². The molecule has 0 saturated heterocycles. The van der Waals surface area contributed by atoms with Crippen LogP contribution in [0.2, 0.25) is 0 Å². The lowest BCUT2D eigenvalue weighted by molar-refractivity contribution is 0.178. The van der Waals surface area contributed by atoms with Gasteiger partial charge in [0.05, 0.1) is 12.8 Å². The number of hydrogen-bond donors (Lipinski definition) is 1. The Bertz CT molecular complexity index is 642. The molecule has 112 valence electrons. The molecular weight excluding hydrogens is 266 g/mol. The van der Waals surface area contributed by atoms with E-state index in [0.29, 0.717) is 12.4 Å². The highest BCUT2D eigenvalue weighted by molar-refractivity contribution is 5.68. The molecule has 21 heavy (non-hydrogen) atoms. The van der Waals surface area contributed by atoms with Gasteiger partial charge in [-0.25, -0.2) is 9.97 Å². The summed E-state index contributed by atoms with van der Waals surface area (Å²) in [5, 5.41) is 3.06. The number of benzene rings is 1. The highest BCUT2D eigenvalue weighted by atomic mass is 16.5. The third-order valence-electron chi connectivity index (χ3n) is 3.32. The Labute approximate surface area is 125 Å². The summed E-state index contributed by atoms with van der Waals surface area (Å²) in [6.45, 7) is 4.46. The second-order valence-corrected chi connectivity index (χ2v) is 4.87. The lowest BCUT2D eigenvalue weighted by atomic mass is 10.0.